The largest absolute Gasteiger partial charge is 0.463 e. The van der Waals surface area contributed by atoms with Crippen molar-refractivity contribution < 1.29 is 19.1 Å². The van der Waals surface area contributed by atoms with Crippen molar-refractivity contribution in [1.82, 2.24) is 0 Å². The van der Waals surface area contributed by atoms with Gasteiger partial charge in [-0.15, -0.1) is 0 Å². The first-order valence-corrected chi connectivity index (χ1v) is 7.58. The minimum absolute atomic E-state index is 0.00876. The van der Waals surface area contributed by atoms with Crippen LogP contribution in [-0.2, 0) is 19.1 Å². The molecule has 5 atom stereocenters. The van der Waals surface area contributed by atoms with E-state index >= 15 is 0 Å². The van der Waals surface area contributed by atoms with Gasteiger partial charge < -0.3 is 9.47 Å². The lowest BCUT2D eigenvalue weighted by Gasteiger charge is -2.31. The van der Waals surface area contributed by atoms with E-state index in [-0.39, 0.29) is 41.7 Å². The fraction of sp³-hybridized carbons (Fsp3) is 0.750. The molecule has 0 aromatic rings. The third-order valence-corrected chi connectivity index (χ3v) is 4.43. The molecule has 0 aliphatic carbocycles. The lowest BCUT2D eigenvalue weighted by molar-refractivity contribution is -0.145. The molecule has 2 aliphatic heterocycles. The fourth-order valence-corrected chi connectivity index (χ4v) is 3.09. The summed E-state index contributed by atoms with van der Waals surface area (Å²) in [5, 5.41) is 0. The maximum atomic E-state index is 12.0. The van der Waals surface area contributed by atoms with Gasteiger partial charge in [0.1, 0.15) is 5.78 Å². The number of hydrogen-bond donors (Lipinski definition) is 0. The van der Waals surface area contributed by atoms with E-state index < -0.39 is 0 Å². The number of hydrogen-bond acceptors (Lipinski definition) is 4. The van der Waals surface area contributed by atoms with Crippen molar-refractivity contribution in [2.24, 2.45) is 17.8 Å². The Morgan fingerprint density at radius 1 is 1.40 bits per heavy atom. The number of esters is 1. The number of carbonyl (C=O) groups is 2. The molecule has 112 valence electrons. The van der Waals surface area contributed by atoms with E-state index in [9.17, 15) is 9.59 Å². The Morgan fingerprint density at radius 3 is 2.85 bits per heavy atom. The molecule has 4 nitrogen and oxygen atoms in total. The van der Waals surface area contributed by atoms with E-state index in [2.05, 4.69) is 6.92 Å². The van der Waals surface area contributed by atoms with Gasteiger partial charge in [0.05, 0.1) is 18.8 Å². The quantitative estimate of drug-likeness (QED) is 0.441. The molecule has 2 rings (SSSR count). The van der Waals surface area contributed by atoms with Crippen LogP contribution in [-0.4, -0.2) is 30.6 Å². The lowest BCUT2D eigenvalue weighted by atomic mass is 9.87. The molecule has 2 bridgehead atoms. The Balaban J connectivity index is 1.91. The van der Waals surface area contributed by atoms with Gasteiger partial charge in [-0.3, -0.25) is 4.79 Å². The number of unbranched alkanes of at least 4 members (excludes halogenated alkanes) is 1. The van der Waals surface area contributed by atoms with Crippen molar-refractivity contribution >= 4 is 11.8 Å². The molecule has 0 N–H and O–H groups in total. The van der Waals surface area contributed by atoms with Gasteiger partial charge in [0.15, 0.2) is 0 Å². The van der Waals surface area contributed by atoms with Crippen LogP contribution in [0.5, 0.6) is 0 Å². The van der Waals surface area contributed by atoms with E-state index in [0.717, 1.165) is 19.3 Å². The van der Waals surface area contributed by atoms with Crippen LogP contribution in [0.3, 0.4) is 0 Å². The highest BCUT2D eigenvalue weighted by Gasteiger charge is 2.49. The molecule has 20 heavy (non-hydrogen) atoms. The molecule has 4 heteroatoms. The zero-order chi connectivity index (χ0) is 14.7. The normalized spacial score (nSPS) is 36.5. The van der Waals surface area contributed by atoms with Crippen LogP contribution in [0, 0.1) is 17.8 Å². The van der Waals surface area contributed by atoms with Gasteiger partial charge in [-0.1, -0.05) is 33.3 Å². The molecule has 0 amide bonds. The monoisotopic (exact) mass is 280 g/mol. The third-order valence-electron chi connectivity index (χ3n) is 4.43. The highest BCUT2D eigenvalue weighted by molar-refractivity contribution is 5.85. The first-order valence-electron chi connectivity index (χ1n) is 7.58. The van der Waals surface area contributed by atoms with Crippen molar-refractivity contribution in [3.05, 3.63) is 12.2 Å². The number of fused-ring (bicyclic) bond motifs is 2. The number of Topliss-reactive ketones (excluding diaryl/α,β-unsaturated/α-hetero) is 1. The second-order valence-electron chi connectivity index (χ2n) is 5.90. The molecule has 0 spiro atoms. The van der Waals surface area contributed by atoms with Gasteiger partial charge in [0.25, 0.3) is 0 Å². The van der Waals surface area contributed by atoms with Crippen LogP contribution in [0.15, 0.2) is 12.2 Å². The van der Waals surface area contributed by atoms with Crippen LogP contribution >= 0.6 is 0 Å². The maximum Gasteiger partial charge on any atom is 0.330 e. The molecule has 2 heterocycles. The van der Waals surface area contributed by atoms with Crippen molar-refractivity contribution in [2.75, 3.05) is 6.61 Å². The predicted octanol–water partition coefficient (Wildman–Crippen LogP) is 2.51. The summed E-state index contributed by atoms with van der Waals surface area (Å²) in [7, 11) is 0. The zero-order valence-electron chi connectivity index (χ0n) is 12.5. The minimum Gasteiger partial charge on any atom is -0.463 e. The summed E-state index contributed by atoms with van der Waals surface area (Å²) in [6.07, 6.45) is 6.00. The highest BCUT2D eigenvalue weighted by atomic mass is 16.5. The average molecular weight is 280 g/mol. The number of rotatable bonds is 5. The summed E-state index contributed by atoms with van der Waals surface area (Å²) < 4.78 is 11.0. The maximum absolute atomic E-state index is 12.0. The van der Waals surface area contributed by atoms with Crippen molar-refractivity contribution in [2.45, 2.75) is 52.2 Å². The SMILES string of the molecule is CCCCOC(=O)/C=C/[C@H]1C[C@H]2O[C@@H]1[C@H](C)C(=O)[C@H]2C. The summed E-state index contributed by atoms with van der Waals surface area (Å²) >= 11 is 0. The van der Waals surface area contributed by atoms with Gasteiger partial charge in [-0.05, 0) is 12.8 Å². The first-order chi connectivity index (χ1) is 9.54. The van der Waals surface area contributed by atoms with E-state index in [0.29, 0.717) is 6.61 Å². The molecule has 0 aromatic carbocycles. The van der Waals surface area contributed by atoms with Gasteiger partial charge in [0, 0.05) is 23.8 Å². The smallest absolute Gasteiger partial charge is 0.330 e. The summed E-state index contributed by atoms with van der Waals surface area (Å²) in [5.41, 5.74) is 0. The van der Waals surface area contributed by atoms with Crippen LogP contribution in [0.2, 0.25) is 0 Å². The standard InChI is InChI=1S/C16H24O4/c1-4-5-8-19-14(17)7-6-12-9-13-10(2)15(18)11(3)16(12)20-13/h6-7,10-13,16H,4-5,8-9H2,1-3H3/b7-6+/t10-,11+,12-,13+,16+/m0/s1. The summed E-state index contributed by atoms with van der Waals surface area (Å²) in [6.45, 7) is 6.38. The molecule has 0 unspecified atom stereocenters. The van der Waals surface area contributed by atoms with Crippen molar-refractivity contribution in [1.29, 1.82) is 0 Å². The van der Waals surface area contributed by atoms with Gasteiger partial charge >= 0.3 is 5.97 Å². The summed E-state index contributed by atoms with van der Waals surface area (Å²) in [4.78, 5) is 23.6. The highest BCUT2D eigenvalue weighted by Crippen LogP contribution is 2.41. The second kappa shape index (κ2) is 6.53. The molecular weight excluding hydrogens is 256 g/mol. The Bertz CT molecular complexity index is 401. The van der Waals surface area contributed by atoms with Crippen molar-refractivity contribution in [3.63, 3.8) is 0 Å². The molecule has 0 aromatic heterocycles. The van der Waals surface area contributed by atoms with E-state index in [1.807, 2.05) is 19.9 Å². The fourth-order valence-electron chi connectivity index (χ4n) is 3.09. The topological polar surface area (TPSA) is 52.6 Å². The van der Waals surface area contributed by atoms with Gasteiger partial charge in [-0.25, -0.2) is 4.79 Å². The van der Waals surface area contributed by atoms with E-state index in [4.69, 9.17) is 9.47 Å². The molecule has 2 fully saturated rings. The first kappa shape index (κ1) is 15.2. The van der Waals surface area contributed by atoms with Crippen LogP contribution < -0.4 is 0 Å². The molecule has 0 saturated carbocycles. The van der Waals surface area contributed by atoms with Crippen LogP contribution in [0.4, 0.5) is 0 Å². The second-order valence-corrected chi connectivity index (χ2v) is 5.90. The van der Waals surface area contributed by atoms with Gasteiger partial charge in [-0.2, -0.15) is 0 Å². The molecular formula is C16H24O4. The Labute approximate surface area is 120 Å². The van der Waals surface area contributed by atoms with E-state index in [1.165, 1.54) is 6.08 Å². The number of ether oxygens (including phenoxy) is 2. The van der Waals surface area contributed by atoms with E-state index in [1.54, 1.807) is 0 Å². The predicted molar refractivity (Wildman–Crippen MR) is 75.1 cm³/mol. The van der Waals surface area contributed by atoms with Crippen molar-refractivity contribution in [3.8, 4) is 0 Å². The number of ketones is 1. The summed E-state index contributed by atoms with van der Waals surface area (Å²) in [5.74, 6) is 0.00731. The third kappa shape index (κ3) is 3.11. The molecule has 2 saturated heterocycles. The molecule has 0 radical (unpaired) electrons. The van der Waals surface area contributed by atoms with Crippen LogP contribution in [0.1, 0.15) is 40.0 Å². The minimum atomic E-state index is -0.299. The molecule has 2 aliphatic rings. The van der Waals surface area contributed by atoms with Gasteiger partial charge in [0.2, 0.25) is 0 Å². The Morgan fingerprint density at radius 2 is 2.15 bits per heavy atom. The number of carbonyl (C=O) groups excluding carboxylic acids is 2. The average Bonchev–Trinajstić information content (AvgIpc) is 2.83. The Hall–Kier alpha value is -1.16. The van der Waals surface area contributed by atoms with Crippen LogP contribution in [0.25, 0.3) is 0 Å². The lowest BCUT2D eigenvalue weighted by Crippen LogP contribution is -2.41. The Kier molecular flexibility index (Phi) is 4.97. The summed E-state index contributed by atoms with van der Waals surface area (Å²) in [6, 6.07) is 0. The zero-order valence-corrected chi connectivity index (χ0v) is 12.5.